The Morgan fingerprint density at radius 1 is 1.05 bits per heavy atom. The second-order valence-corrected chi connectivity index (χ2v) is 5.13. The number of alkyl halides is 2. The molecule has 0 atom stereocenters. The Morgan fingerprint density at radius 3 is 1.95 bits per heavy atom. The zero-order valence-corrected chi connectivity index (χ0v) is 13.7. The number of esters is 1. The average molecular weight is 322 g/mol. The largest absolute Gasteiger partial charge is 0.481 e. The summed E-state index contributed by atoms with van der Waals surface area (Å²) in [5, 5.41) is 7.42. The van der Waals surface area contributed by atoms with Crippen LogP contribution in [0, 0.1) is 0 Å². The molecule has 0 bridgehead atoms. The number of ether oxygens (including phenoxy) is 1. The van der Waals surface area contributed by atoms with Crippen LogP contribution in [0.25, 0.3) is 0 Å². The number of aliphatic carboxylic acids is 1. The van der Waals surface area contributed by atoms with E-state index in [1.807, 2.05) is 0 Å². The van der Waals surface area contributed by atoms with Crippen LogP contribution in [0.3, 0.4) is 0 Å². The maximum absolute atomic E-state index is 12.4. The van der Waals surface area contributed by atoms with Crippen molar-refractivity contribution < 1.29 is 28.2 Å². The van der Waals surface area contributed by atoms with Crippen molar-refractivity contribution in [3.05, 3.63) is 12.2 Å². The number of unbranched alkanes of at least 4 members (excludes halogenated alkanes) is 6. The molecule has 0 saturated heterocycles. The van der Waals surface area contributed by atoms with Crippen LogP contribution < -0.4 is 0 Å². The molecule has 0 aliphatic heterocycles. The fourth-order valence-corrected chi connectivity index (χ4v) is 1.58. The third kappa shape index (κ3) is 31.1. The lowest BCUT2D eigenvalue weighted by Crippen LogP contribution is -2.02. The van der Waals surface area contributed by atoms with Crippen molar-refractivity contribution in [2.45, 2.75) is 71.6 Å². The van der Waals surface area contributed by atoms with Crippen LogP contribution in [0.4, 0.5) is 8.78 Å². The van der Waals surface area contributed by atoms with Gasteiger partial charge in [0.25, 0.3) is 11.9 Å². The second-order valence-electron chi connectivity index (χ2n) is 5.13. The molecule has 0 aromatic carbocycles. The zero-order valence-electron chi connectivity index (χ0n) is 13.7. The monoisotopic (exact) mass is 322 g/mol. The molecule has 130 valence electrons. The van der Waals surface area contributed by atoms with Gasteiger partial charge in [-0.25, -0.2) is 8.78 Å². The highest BCUT2D eigenvalue weighted by molar-refractivity contribution is 5.65. The summed E-state index contributed by atoms with van der Waals surface area (Å²) in [7, 11) is 0. The van der Waals surface area contributed by atoms with E-state index < -0.39 is 11.9 Å². The lowest BCUT2D eigenvalue weighted by molar-refractivity contribution is -0.141. The van der Waals surface area contributed by atoms with Crippen LogP contribution in [-0.2, 0) is 14.3 Å². The number of allylic oxidation sites excluding steroid dienone is 2. The molecule has 0 aliphatic carbocycles. The Morgan fingerprint density at radius 2 is 1.50 bits per heavy atom. The Labute approximate surface area is 131 Å². The first kappa shape index (κ1) is 22.8. The first-order valence-electron chi connectivity index (χ1n) is 7.53. The molecule has 0 rings (SSSR count). The van der Waals surface area contributed by atoms with Crippen molar-refractivity contribution >= 4 is 11.9 Å². The second kappa shape index (κ2) is 14.5. The Bertz CT molecular complexity index is 319. The minimum Gasteiger partial charge on any atom is -0.481 e. The minimum atomic E-state index is -2.68. The van der Waals surface area contributed by atoms with Gasteiger partial charge in [-0.05, 0) is 25.3 Å². The van der Waals surface area contributed by atoms with Crippen LogP contribution in [0.5, 0.6) is 0 Å². The quantitative estimate of drug-likeness (QED) is 0.363. The molecule has 0 aliphatic rings. The smallest absolute Gasteiger partial charge is 0.302 e. The highest BCUT2D eigenvalue weighted by atomic mass is 19.3. The molecule has 0 radical (unpaired) electrons. The third-order valence-electron chi connectivity index (χ3n) is 2.48. The normalized spacial score (nSPS) is 11.0. The van der Waals surface area contributed by atoms with Gasteiger partial charge in [0.15, 0.2) is 0 Å². The molecule has 1 N–H and O–H groups in total. The highest BCUT2D eigenvalue weighted by Gasteiger charge is 2.14. The fraction of sp³-hybridized carbons (Fsp3) is 0.750. The van der Waals surface area contributed by atoms with Crippen LogP contribution in [-0.4, -0.2) is 29.6 Å². The summed E-state index contributed by atoms with van der Waals surface area (Å²) < 4.78 is 29.6. The SMILES string of the molecule is CC(=O)O.CC(=O)OCCCCCCCCC=CC(C)(F)F. The van der Waals surface area contributed by atoms with Crippen molar-refractivity contribution in [1.82, 2.24) is 0 Å². The zero-order chi connectivity index (χ0) is 17.4. The van der Waals surface area contributed by atoms with Crippen molar-refractivity contribution in [3.8, 4) is 0 Å². The van der Waals surface area contributed by atoms with Crippen molar-refractivity contribution in [2.75, 3.05) is 6.61 Å². The first-order chi connectivity index (χ1) is 10.1. The van der Waals surface area contributed by atoms with E-state index in [4.69, 9.17) is 14.6 Å². The molecule has 6 heteroatoms. The van der Waals surface area contributed by atoms with Crippen molar-refractivity contribution in [2.24, 2.45) is 0 Å². The molecular weight excluding hydrogens is 294 g/mol. The number of hydrogen-bond acceptors (Lipinski definition) is 3. The van der Waals surface area contributed by atoms with Crippen LogP contribution in [0.15, 0.2) is 12.2 Å². The molecule has 0 aromatic rings. The molecule has 0 heterocycles. The van der Waals surface area contributed by atoms with E-state index in [-0.39, 0.29) is 5.97 Å². The van der Waals surface area contributed by atoms with Gasteiger partial charge in [0, 0.05) is 20.8 Å². The number of halogens is 2. The summed E-state index contributed by atoms with van der Waals surface area (Å²) >= 11 is 0. The minimum absolute atomic E-state index is 0.227. The van der Waals surface area contributed by atoms with E-state index in [1.165, 1.54) is 6.92 Å². The van der Waals surface area contributed by atoms with Gasteiger partial charge in [-0.3, -0.25) is 9.59 Å². The van der Waals surface area contributed by atoms with E-state index in [9.17, 15) is 13.6 Å². The summed E-state index contributed by atoms with van der Waals surface area (Å²) in [5.41, 5.74) is 0. The van der Waals surface area contributed by atoms with Crippen molar-refractivity contribution in [3.63, 3.8) is 0 Å². The molecule has 0 saturated carbocycles. The topological polar surface area (TPSA) is 63.6 Å². The number of rotatable bonds is 10. The van der Waals surface area contributed by atoms with E-state index in [0.29, 0.717) is 6.61 Å². The lowest BCUT2D eigenvalue weighted by Gasteiger charge is -2.03. The predicted octanol–water partition coefficient (Wildman–Crippen LogP) is 4.58. The molecule has 0 unspecified atom stereocenters. The van der Waals surface area contributed by atoms with Crippen LogP contribution in [0.2, 0.25) is 0 Å². The van der Waals surface area contributed by atoms with Gasteiger partial charge in [-0.2, -0.15) is 0 Å². The summed E-state index contributed by atoms with van der Waals surface area (Å²) in [5.74, 6) is -3.74. The average Bonchev–Trinajstić information content (AvgIpc) is 2.33. The number of carboxylic acid groups (broad SMARTS) is 1. The van der Waals surface area contributed by atoms with Gasteiger partial charge < -0.3 is 9.84 Å². The maximum atomic E-state index is 12.4. The van der Waals surface area contributed by atoms with Gasteiger partial charge in [-0.15, -0.1) is 0 Å². The van der Waals surface area contributed by atoms with E-state index >= 15 is 0 Å². The number of carbonyl (C=O) groups excluding carboxylic acids is 1. The first-order valence-corrected chi connectivity index (χ1v) is 7.53. The number of hydrogen-bond donors (Lipinski definition) is 1. The third-order valence-corrected chi connectivity index (χ3v) is 2.48. The highest BCUT2D eigenvalue weighted by Crippen LogP contribution is 2.14. The molecular formula is C16H28F2O4. The Hall–Kier alpha value is -1.46. The maximum Gasteiger partial charge on any atom is 0.302 e. The van der Waals surface area contributed by atoms with E-state index in [0.717, 1.165) is 64.9 Å². The van der Waals surface area contributed by atoms with Gasteiger partial charge in [0.05, 0.1) is 6.61 Å². The fourth-order valence-electron chi connectivity index (χ4n) is 1.58. The predicted molar refractivity (Wildman–Crippen MR) is 82.0 cm³/mol. The van der Waals surface area contributed by atoms with E-state index in [2.05, 4.69) is 0 Å². The number of carboxylic acids is 1. The van der Waals surface area contributed by atoms with Crippen LogP contribution >= 0.6 is 0 Å². The molecule has 0 aromatic heterocycles. The Kier molecular flexibility index (Phi) is 15.0. The summed E-state index contributed by atoms with van der Waals surface area (Å²) in [6.07, 6.45) is 9.43. The summed E-state index contributed by atoms with van der Waals surface area (Å²) in [6.45, 7) is 3.89. The van der Waals surface area contributed by atoms with Crippen molar-refractivity contribution in [1.29, 1.82) is 0 Å². The lowest BCUT2D eigenvalue weighted by atomic mass is 10.1. The van der Waals surface area contributed by atoms with Gasteiger partial charge >= 0.3 is 5.97 Å². The summed E-state index contributed by atoms with van der Waals surface area (Å²) in [4.78, 5) is 19.5. The Balaban J connectivity index is 0. The number of carbonyl (C=O) groups is 2. The molecule has 0 amide bonds. The van der Waals surface area contributed by atoms with E-state index in [1.54, 1.807) is 6.08 Å². The van der Waals surface area contributed by atoms with Gasteiger partial charge in [-0.1, -0.05) is 31.8 Å². The van der Waals surface area contributed by atoms with Gasteiger partial charge in [0.2, 0.25) is 0 Å². The molecule has 0 fully saturated rings. The molecule has 4 nitrogen and oxygen atoms in total. The standard InChI is InChI=1S/C14H24F2O2.C2H4O2/c1-13(17)18-12-10-8-6-4-3-5-7-9-11-14(2,15)16;1-2(3)4/h9,11H,3-8,10,12H2,1-2H3;1H3,(H,3,4). The van der Waals surface area contributed by atoms with Crippen LogP contribution in [0.1, 0.15) is 65.7 Å². The summed E-state index contributed by atoms with van der Waals surface area (Å²) in [6, 6.07) is 0. The molecule has 0 spiro atoms. The molecule has 22 heavy (non-hydrogen) atoms. The van der Waals surface area contributed by atoms with Gasteiger partial charge in [0.1, 0.15) is 0 Å².